The lowest BCUT2D eigenvalue weighted by Gasteiger charge is -2.10. The number of nitro benzene ring substituents is 1. The zero-order valence-electron chi connectivity index (χ0n) is 13.1. The van der Waals surface area contributed by atoms with Crippen LogP contribution < -0.4 is 4.74 Å². The Hall–Kier alpha value is -2.99. The molecule has 0 bridgehead atoms. The molecule has 0 aliphatic rings. The molecule has 0 amide bonds. The second kappa shape index (κ2) is 7.72. The van der Waals surface area contributed by atoms with Gasteiger partial charge in [-0.25, -0.2) is 9.97 Å². The summed E-state index contributed by atoms with van der Waals surface area (Å²) in [4.78, 5) is 18.8. The lowest BCUT2D eigenvalue weighted by atomic mass is 10.1. The molecule has 3 rings (SSSR count). The van der Waals surface area contributed by atoms with Crippen LogP contribution in [0.15, 0.2) is 60.9 Å². The van der Waals surface area contributed by atoms with Crippen LogP contribution in [0.5, 0.6) is 5.88 Å². The average molecular weight is 356 g/mol. The van der Waals surface area contributed by atoms with E-state index in [1.807, 2.05) is 24.3 Å². The molecule has 1 aromatic heterocycles. The van der Waals surface area contributed by atoms with Crippen molar-refractivity contribution in [2.24, 2.45) is 0 Å². The van der Waals surface area contributed by atoms with E-state index in [1.165, 1.54) is 12.1 Å². The molecule has 126 valence electrons. The molecule has 1 heterocycles. The smallest absolute Gasteiger partial charge is 0.269 e. The predicted octanol–water partition coefficient (Wildman–Crippen LogP) is 4.33. The fraction of sp³-hybridized carbons (Fsp3) is 0.111. The molecular weight excluding hydrogens is 342 g/mol. The summed E-state index contributed by atoms with van der Waals surface area (Å²) in [6.07, 6.45) is 3.73. The van der Waals surface area contributed by atoms with Gasteiger partial charge in [-0.15, -0.1) is 0 Å². The van der Waals surface area contributed by atoms with Gasteiger partial charge in [0.25, 0.3) is 5.69 Å². The van der Waals surface area contributed by atoms with Crippen LogP contribution in [0.1, 0.15) is 5.56 Å². The van der Waals surface area contributed by atoms with Gasteiger partial charge in [-0.2, -0.15) is 0 Å². The van der Waals surface area contributed by atoms with Crippen LogP contribution in [0.4, 0.5) is 5.69 Å². The number of halogens is 1. The number of non-ortho nitro benzene ring substituents is 1. The summed E-state index contributed by atoms with van der Waals surface area (Å²) in [6, 6.07) is 13.7. The summed E-state index contributed by atoms with van der Waals surface area (Å²) in [5.74, 6) is 0.378. The van der Waals surface area contributed by atoms with Crippen LogP contribution in [0.2, 0.25) is 5.02 Å². The summed E-state index contributed by atoms with van der Waals surface area (Å²) in [7, 11) is 0. The van der Waals surface area contributed by atoms with Crippen molar-refractivity contribution in [2.75, 3.05) is 6.61 Å². The minimum absolute atomic E-state index is 0.0221. The zero-order valence-corrected chi connectivity index (χ0v) is 13.9. The molecule has 0 aliphatic heterocycles. The van der Waals surface area contributed by atoms with E-state index < -0.39 is 4.92 Å². The second-order valence-electron chi connectivity index (χ2n) is 5.20. The van der Waals surface area contributed by atoms with E-state index in [0.29, 0.717) is 35.2 Å². The highest BCUT2D eigenvalue weighted by molar-refractivity contribution is 6.31. The molecule has 6 nitrogen and oxygen atoms in total. The van der Waals surface area contributed by atoms with Gasteiger partial charge in [0.2, 0.25) is 5.88 Å². The first-order valence-corrected chi connectivity index (χ1v) is 7.95. The van der Waals surface area contributed by atoms with Crippen molar-refractivity contribution in [3.05, 3.63) is 81.6 Å². The van der Waals surface area contributed by atoms with Crippen LogP contribution in [-0.2, 0) is 6.42 Å². The SMILES string of the molecule is O=[N+]([O-])c1ccc(-c2nccnc2OCCc2ccccc2Cl)cc1. The standard InChI is InChI=1S/C18H14ClN3O3/c19-16-4-2-1-3-13(16)9-12-25-18-17(20-10-11-21-18)14-5-7-15(8-6-14)22(23)24/h1-8,10-11H,9,12H2. The molecule has 0 N–H and O–H groups in total. The average Bonchev–Trinajstić information content (AvgIpc) is 2.64. The van der Waals surface area contributed by atoms with Crippen LogP contribution >= 0.6 is 11.6 Å². The summed E-state index contributed by atoms with van der Waals surface area (Å²) < 4.78 is 5.76. The van der Waals surface area contributed by atoms with Gasteiger partial charge in [0.05, 0.1) is 11.5 Å². The van der Waals surface area contributed by atoms with E-state index >= 15 is 0 Å². The summed E-state index contributed by atoms with van der Waals surface area (Å²) >= 11 is 6.13. The van der Waals surface area contributed by atoms with Gasteiger partial charge in [0, 0.05) is 41.5 Å². The topological polar surface area (TPSA) is 78.2 Å². The third-order valence-corrected chi connectivity index (χ3v) is 3.95. The van der Waals surface area contributed by atoms with Crippen molar-refractivity contribution in [3.63, 3.8) is 0 Å². The Morgan fingerprint density at radius 2 is 1.76 bits per heavy atom. The van der Waals surface area contributed by atoms with Gasteiger partial charge in [0.1, 0.15) is 5.69 Å². The number of hydrogen-bond acceptors (Lipinski definition) is 5. The van der Waals surface area contributed by atoms with Crippen molar-refractivity contribution < 1.29 is 9.66 Å². The quantitative estimate of drug-likeness (QED) is 0.486. The van der Waals surface area contributed by atoms with Gasteiger partial charge in [-0.3, -0.25) is 10.1 Å². The molecule has 2 aromatic carbocycles. The monoisotopic (exact) mass is 355 g/mol. The highest BCUT2D eigenvalue weighted by atomic mass is 35.5. The van der Waals surface area contributed by atoms with E-state index in [0.717, 1.165) is 5.56 Å². The summed E-state index contributed by atoms with van der Waals surface area (Å²) in [5, 5.41) is 11.5. The van der Waals surface area contributed by atoms with Gasteiger partial charge in [0.15, 0.2) is 0 Å². The van der Waals surface area contributed by atoms with Crippen LogP contribution in [0.3, 0.4) is 0 Å². The zero-order chi connectivity index (χ0) is 17.6. The lowest BCUT2D eigenvalue weighted by Crippen LogP contribution is -2.05. The minimum atomic E-state index is -0.443. The van der Waals surface area contributed by atoms with E-state index in [-0.39, 0.29) is 5.69 Å². The van der Waals surface area contributed by atoms with Crippen LogP contribution in [-0.4, -0.2) is 21.5 Å². The van der Waals surface area contributed by atoms with Crippen molar-refractivity contribution in [2.45, 2.75) is 6.42 Å². The maximum atomic E-state index is 10.8. The first-order valence-electron chi connectivity index (χ1n) is 7.57. The van der Waals surface area contributed by atoms with Crippen LogP contribution in [0.25, 0.3) is 11.3 Å². The van der Waals surface area contributed by atoms with Gasteiger partial charge < -0.3 is 4.74 Å². The molecule has 0 atom stereocenters. The maximum Gasteiger partial charge on any atom is 0.269 e. The van der Waals surface area contributed by atoms with Crippen molar-refractivity contribution in [1.82, 2.24) is 9.97 Å². The fourth-order valence-corrected chi connectivity index (χ4v) is 2.56. The third-order valence-electron chi connectivity index (χ3n) is 3.58. The molecule has 0 unspecified atom stereocenters. The number of nitrogens with zero attached hydrogens (tertiary/aromatic N) is 3. The fourth-order valence-electron chi connectivity index (χ4n) is 2.33. The lowest BCUT2D eigenvalue weighted by molar-refractivity contribution is -0.384. The van der Waals surface area contributed by atoms with Gasteiger partial charge in [-0.1, -0.05) is 29.8 Å². The summed E-state index contributed by atoms with van der Waals surface area (Å²) in [6.45, 7) is 0.391. The molecule has 0 fully saturated rings. The molecule has 0 radical (unpaired) electrons. The highest BCUT2D eigenvalue weighted by Crippen LogP contribution is 2.27. The number of aromatic nitrogens is 2. The Balaban J connectivity index is 1.75. The van der Waals surface area contributed by atoms with Gasteiger partial charge >= 0.3 is 0 Å². The first-order chi connectivity index (χ1) is 12.1. The minimum Gasteiger partial charge on any atom is -0.476 e. The third kappa shape index (κ3) is 4.10. The first kappa shape index (κ1) is 16.9. The van der Waals surface area contributed by atoms with Gasteiger partial charge in [-0.05, 0) is 23.8 Å². The Labute approximate surface area is 149 Å². The Morgan fingerprint density at radius 1 is 1.04 bits per heavy atom. The predicted molar refractivity (Wildman–Crippen MR) is 94.8 cm³/mol. The highest BCUT2D eigenvalue weighted by Gasteiger charge is 2.12. The normalized spacial score (nSPS) is 10.4. The molecule has 0 saturated carbocycles. The molecule has 0 saturated heterocycles. The number of rotatable bonds is 6. The summed E-state index contributed by atoms with van der Waals surface area (Å²) in [5.41, 5.74) is 2.25. The molecule has 3 aromatic rings. The Bertz CT molecular complexity index is 885. The Morgan fingerprint density at radius 3 is 2.48 bits per heavy atom. The van der Waals surface area contributed by atoms with Crippen molar-refractivity contribution in [1.29, 1.82) is 0 Å². The number of nitro groups is 1. The molecule has 7 heteroatoms. The largest absolute Gasteiger partial charge is 0.476 e. The van der Waals surface area contributed by atoms with E-state index in [4.69, 9.17) is 16.3 Å². The molecule has 0 aliphatic carbocycles. The molecule has 0 spiro atoms. The number of benzene rings is 2. The number of hydrogen-bond donors (Lipinski definition) is 0. The number of ether oxygens (including phenoxy) is 1. The van der Waals surface area contributed by atoms with Crippen molar-refractivity contribution >= 4 is 17.3 Å². The van der Waals surface area contributed by atoms with Crippen LogP contribution in [0, 0.1) is 10.1 Å². The molecular formula is C18H14ClN3O3. The van der Waals surface area contributed by atoms with E-state index in [2.05, 4.69) is 9.97 Å². The maximum absolute atomic E-state index is 10.8. The Kier molecular flexibility index (Phi) is 5.20. The van der Waals surface area contributed by atoms with E-state index in [1.54, 1.807) is 24.5 Å². The van der Waals surface area contributed by atoms with Crippen molar-refractivity contribution in [3.8, 4) is 17.1 Å². The second-order valence-corrected chi connectivity index (χ2v) is 5.61. The molecule has 25 heavy (non-hydrogen) atoms. The van der Waals surface area contributed by atoms with E-state index in [9.17, 15) is 10.1 Å².